The SMILES string of the molecule is CN(C)CCOc1ccc(C=CI)cc1. The molecule has 0 atom stereocenters. The standard InChI is InChI=1S/C12H16INO/c1-14(2)9-10-15-12-5-3-11(4-6-12)7-8-13/h3-8H,9-10H2,1-2H3. The first-order chi connectivity index (χ1) is 7.22. The number of halogens is 1. The monoisotopic (exact) mass is 317 g/mol. The third-order valence-electron chi connectivity index (χ3n) is 1.94. The fraction of sp³-hybridized carbons (Fsp3) is 0.333. The van der Waals surface area contributed by atoms with Crippen LogP contribution in [0.2, 0.25) is 0 Å². The van der Waals surface area contributed by atoms with Gasteiger partial charge in [0.2, 0.25) is 0 Å². The zero-order valence-electron chi connectivity index (χ0n) is 9.11. The van der Waals surface area contributed by atoms with Gasteiger partial charge in [0.15, 0.2) is 0 Å². The van der Waals surface area contributed by atoms with Crippen molar-refractivity contribution in [1.29, 1.82) is 0 Å². The Bertz CT molecular complexity index is 306. The van der Waals surface area contributed by atoms with Crippen LogP contribution < -0.4 is 4.74 Å². The highest BCUT2D eigenvalue weighted by Crippen LogP contribution is 2.13. The number of hydrogen-bond donors (Lipinski definition) is 0. The predicted octanol–water partition coefficient (Wildman–Crippen LogP) is 3.03. The lowest BCUT2D eigenvalue weighted by atomic mass is 10.2. The molecule has 82 valence electrons. The minimum Gasteiger partial charge on any atom is -0.492 e. The highest BCUT2D eigenvalue weighted by Gasteiger charge is 1.94. The van der Waals surface area contributed by atoms with Crippen molar-refractivity contribution in [1.82, 2.24) is 4.90 Å². The summed E-state index contributed by atoms with van der Waals surface area (Å²) in [5, 5.41) is 0. The van der Waals surface area contributed by atoms with Crippen LogP contribution in [0.5, 0.6) is 5.75 Å². The fourth-order valence-electron chi connectivity index (χ4n) is 1.09. The van der Waals surface area contributed by atoms with E-state index in [2.05, 4.69) is 45.7 Å². The Morgan fingerprint density at radius 1 is 1.27 bits per heavy atom. The van der Waals surface area contributed by atoms with Gasteiger partial charge in [-0.05, 0) is 42.0 Å². The Morgan fingerprint density at radius 2 is 1.93 bits per heavy atom. The van der Waals surface area contributed by atoms with Crippen LogP contribution in [0, 0.1) is 0 Å². The van der Waals surface area contributed by atoms with Crippen molar-refractivity contribution in [2.75, 3.05) is 27.2 Å². The van der Waals surface area contributed by atoms with Crippen LogP contribution in [0.25, 0.3) is 6.08 Å². The smallest absolute Gasteiger partial charge is 0.119 e. The number of rotatable bonds is 5. The highest BCUT2D eigenvalue weighted by molar-refractivity contribution is 14.1. The van der Waals surface area contributed by atoms with E-state index in [0.29, 0.717) is 0 Å². The quantitative estimate of drug-likeness (QED) is 0.774. The van der Waals surface area contributed by atoms with Crippen molar-refractivity contribution in [3.05, 3.63) is 33.9 Å². The predicted molar refractivity (Wildman–Crippen MR) is 73.5 cm³/mol. The van der Waals surface area contributed by atoms with Crippen LogP contribution in [-0.4, -0.2) is 32.1 Å². The van der Waals surface area contributed by atoms with Gasteiger partial charge in [0.05, 0.1) is 0 Å². The summed E-state index contributed by atoms with van der Waals surface area (Å²) in [5.41, 5.74) is 1.20. The van der Waals surface area contributed by atoms with Crippen LogP contribution >= 0.6 is 22.6 Å². The summed E-state index contributed by atoms with van der Waals surface area (Å²) in [6.45, 7) is 1.67. The summed E-state index contributed by atoms with van der Waals surface area (Å²) < 4.78 is 7.58. The third kappa shape index (κ3) is 5.18. The van der Waals surface area contributed by atoms with Crippen LogP contribution in [0.3, 0.4) is 0 Å². The van der Waals surface area contributed by atoms with Crippen LogP contribution in [0.4, 0.5) is 0 Å². The molecule has 0 saturated carbocycles. The van der Waals surface area contributed by atoms with Gasteiger partial charge in [0.25, 0.3) is 0 Å². The van der Waals surface area contributed by atoms with Gasteiger partial charge in [-0.15, -0.1) is 0 Å². The van der Waals surface area contributed by atoms with E-state index in [1.807, 2.05) is 30.3 Å². The number of ether oxygens (including phenoxy) is 1. The number of nitrogens with zero attached hydrogens (tertiary/aromatic N) is 1. The lowest BCUT2D eigenvalue weighted by Crippen LogP contribution is -2.19. The van der Waals surface area contributed by atoms with E-state index in [1.54, 1.807) is 0 Å². The van der Waals surface area contributed by atoms with E-state index >= 15 is 0 Å². The van der Waals surface area contributed by atoms with E-state index < -0.39 is 0 Å². The summed E-state index contributed by atoms with van der Waals surface area (Å²) in [7, 11) is 4.08. The average molecular weight is 317 g/mol. The molecule has 3 heteroatoms. The Morgan fingerprint density at radius 3 is 2.47 bits per heavy atom. The summed E-state index contributed by atoms with van der Waals surface area (Å²) in [5.74, 6) is 0.933. The molecule has 0 fully saturated rings. The molecule has 0 aliphatic carbocycles. The van der Waals surface area contributed by atoms with Crippen LogP contribution in [0.1, 0.15) is 5.56 Å². The maximum Gasteiger partial charge on any atom is 0.119 e. The van der Waals surface area contributed by atoms with Crippen molar-refractivity contribution in [3.8, 4) is 5.75 Å². The van der Waals surface area contributed by atoms with Gasteiger partial charge < -0.3 is 9.64 Å². The van der Waals surface area contributed by atoms with E-state index in [4.69, 9.17) is 4.74 Å². The Kier molecular flexibility index (Phi) is 5.71. The normalized spacial score (nSPS) is 11.2. The molecule has 0 radical (unpaired) electrons. The molecular weight excluding hydrogens is 301 g/mol. The summed E-state index contributed by atoms with van der Waals surface area (Å²) >= 11 is 2.21. The molecule has 0 bridgehead atoms. The molecule has 1 aromatic carbocycles. The minimum absolute atomic E-state index is 0.731. The fourth-order valence-corrected chi connectivity index (χ4v) is 1.51. The van der Waals surface area contributed by atoms with Gasteiger partial charge in [-0.3, -0.25) is 0 Å². The zero-order valence-corrected chi connectivity index (χ0v) is 11.3. The topological polar surface area (TPSA) is 12.5 Å². The van der Waals surface area contributed by atoms with Gasteiger partial charge in [0.1, 0.15) is 12.4 Å². The van der Waals surface area contributed by atoms with Gasteiger partial charge in [-0.25, -0.2) is 0 Å². The Labute approximate surface area is 105 Å². The second kappa shape index (κ2) is 6.85. The molecule has 0 aliphatic heterocycles. The van der Waals surface area contributed by atoms with Crippen LogP contribution in [0.15, 0.2) is 28.3 Å². The highest BCUT2D eigenvalue weighted by atomic mass is 127. The van der Waals surface area contributed by atoms with Crippen molar-refractivity contribution in [3.63, 3.8) is 0 Å². The molecule has 0 aromatic heterocycles. The molecule has 0 amide bonds. The Balaban J connectivity index is 2.42. The maximum absolute atomic E-state index is 5.58. The molecule has 0 spiro atoms. The number of benzene rings is 1. The molecule has 0 saturated heterocycles. The molecule has 2 nitrogen and oxygen atoms in total. The summed E-state index contributed by atoms with van der Waals surface area (Å²) in [6, 6.07) is 8.11. The van der Waals surface area contributed by atoms with Gasteiger partial charge >= 0.3 is 0 Å². The second-order valence-electron chi connectivity index (χ2n) is 3.51. The molecular formula is C12H16INO. The largest absolute Gasteiger partial charge is 0.492 e. The van der Waals surface area contributed by atoms with Crippen molar-refractivity contribution < 1.29 is 4.74 Å². The van der Waals surface area contributed by atoms with Crippen molar-refractivity contribution >= 4 is 28.7 Å². The van der Waals surface area contributed by atoms with Crippen molar-refractivity contribution in [2.45, 2.75) is 0 Å². The lowest BCUT2D eigenvalue weighted by Gasteiger charge is -2.10. The first-order valence-corrected chi connectivity index (χ1v) is 6.11. The van der Waals surface area contributed by atoms with Gasteiger partial charge in [-0.1, -0.05) is 34.7 Å². The van der Waals surface area contributed by atoms with Crippen LogP contribution in [-0.2, 0) is 0 Å². The van der Waals surface area contributed by atoms with Crippen molar-refractivity contribution in [2.24, 2.45) is 0 Å². The second-order valence-corrected chi connectivity index (χ2v) is 4.23. The molecule has 1 aromatic rings. The molecule has 0 N–H and O–H groups in total. The molecule has 0 aliphatic rings. The first kappa shape index (κ1) is 12.5. The first-order valence-electron chi connectivity index (χ1n) is 4.87. The van der Waals surface area contributed by atoms with E-state index in [0.717, 1.165) is 18.9 Å². The number of hydrogen-bond acceptors (Lipinski definition) is 2. The summed E-state index contributed by atoms with van der Waals surface area (Å²) in [6.07, 6.45) is 2.06. The minimum atomic E-state index is 0.731. The summed E-state index contributed by atoms with van der Waals surface area (Å²) in [4.78, 5) is 2.10. The zero-order chi connectivity index (χ0) is 11.1. The van der Waals surface area contributed by atoms with Gasteiger partial charge in [0, 0.05) is 6.54 Å². The third-order valence-corrected chi connectivity index (χ3v) is 2.30. The average Bonchev–Trinajstić information content (AvgIpc) is 2.20. The van der Waals surface area contributed by atoms with E-state index in [9.17, 15) is 0 Å². The molecule has 0 heterocycles. The van der Waals surface area contributed by atoms with Gasteiger partial charge in [-0.2, -0.15) is 0 Å². The molecule has 0 unspecified atom stereocenters. The Hall–Kier alpha value is -0.550. The number of likely N-dealkylation sites (N-methyl/N-ethyl adjacent to an activating group) is 1. The lowest BCUT2D eigenvalue weighted by molar-refractivity contribution is 0.261. The maximum atomic E-state index is 5.58. The molecule has 15 heavy (non-hydrogen) atoms. The van der Waals surface area contributed by atoms with E-state index in [1.165, 1.54) is 5.56 Å². The molecule has 1 rings (SSSR count). The van der Waals surface area contributed by atoms with E-state index in [-0.39, 0.29) is 0 Å².